The molecule has 3 nitrogen and oxygen atoms in total. The Balaban J connectivity index is 1.87. The van der Waals surface area contributed by atoms with Gasteiger partial charge in [-0.2, -0.15) is 0 Å². The highest BCUT2D eigenvalue weighted by Gasteiger charge is 2.16. The summed E-state index contributed by atoms with van der Waals surface area (Å²) in [5, 5.41) is 2.97. The van der Waals surface area contributed by atoms with Gasteiger partial charge < -0.3 is 10.1 Å². The summed E-state index contributed by atoms with van der Waals surface area (Å²) < 4.78 is 5.79. The zero-order chi connectivity index (χ0) is 16.8. The first-order valence-electron chi connectivity index (χ1n) is 8.04. The summed E-state index contributed by atoms with van der Waals surface area (Å²) in [5.41, 5.74) is 3.45. The van der Waals surface area contributed by atoms with Gasteiger partial charge in [0.1, 0.15) is 5.75 Å². The first-order valence-corrected chi connectivity index (χ1v) is 8.04. The van der Waals surface area contributed by atoms with Crippen LogP contribution in [0.4, 0.5) is 0 Å². The van der Waals surface area contributed by atoms with Crippen molar-refractivity contribution < 1.29 is 9.53 Å². The van der Waals surface area contributed by atoms with Gasteiger partial charge in [-0.05, 0) is 43.9 Å². The molecule has 1 N–H and O–H groups in total. The minimum absolute atomic E-state index is 0.0900. The average molecular weight is 311 g/mol. The van der Waals surface area contributed by atoms with Crippen LogP contribution in [-0.4, -0.2) is 18.6 Å². The number of carbonyl (C=O) groups excluding carboxylic acids is 1. The van der Waals surface area contributed by atoms with E-state index in [4.69, 9.17) is 4.74 Å². The Kier molecular flexibility index (Phi) is 5.80. The molecule has 0 saturated carbocycles. The summed E-state index contributed by atoms with van der Waals surface area (Å²) in [5.74, 6) is 0.940. The molecule has 0 saturated heterocycles. The highest BCUT2D eigenvalue weighted by Crippen LogP contribution is 2.20. The summed E-state index contributed by atoms with van der Waals surface area (Å²) in [4.78, 5) is 12.2. The van der Waals surface area contributed by atoms with E-state index in [-0.39, 0.29) is 11.8 Å². The molecule has 0 heterocycles. The normalized spacial score (nSPS) is 13.2. The summed E-state index contributed by atoms with van der Waals surface area (Å²) in [6.07, 6.45) is -0.514. The van der Waals surface area contributed by atoms with Gasteiger partial charge in [0, 0.05) is 6.54 Å². The van der Waals surface area contributed by atoms with Crippen molar-refractivity contribution in [1.82, 2.24) is 5.32 Å². The zero-order valence-electron chi connectivity index (χ0n) is 14.3. The summed E-state index contributed by atoms with van der Waals surface area (Å²) in [6.45, 7) is 8.51. The van der Waals surface area contributed by atoms with Crippen LogP contribution in [0.2, 0.25) is 0 Å². The molecule has 2 rings (SSSR count). The number of carbonyl (C=O) groups is 1. The van der Waals surface area contributed by atoms with E-state index >= 15 is 0 Å². The van der Waals surface area contributed by atoms with Crippen molar-refractivity contribution in [2.45, 2.75) is 39.7 Å². The molecule has 0 bridgehead atoms. The van der Waals surface area contributed by atoms with E-state index in [1.54, 1.807) is 6.92 Å². The summed E-state index contributed by atoms with van der Waals surface area (Å²) >= 11 is 0. The van der Waals surface area contributed by atoms with E-state index in [0.717, 1.165) is 11.3 Å². The molecular formula is C20H25NO2. The molecule has 0 aliphatic carbocycles. The van der Waals surface area contributed by atoms with Crippen LogP contribution in [0.15, 0.2) is 48.5 Å². The van der Waals surface area contributed by atoms with Crippen molar-refractivity contribution in [3.63, 3.8) is 0 Å². The number of ether oxygens (including phenoxy) is 1. The summed E-state index contributed by atoms with van der Waals surface area (Å²) in [7, 11) is 0. The lowest BCUT2D eigenvalue weighted by molar-refractivity contribution is -0.127. The van der Waals surface area contributed by atoms with Crippen molar-refractivity contribution in [1.29, 1.82) is 0 Å². The largest absolute Gasteiger partial charge is 0.481 e. The van der Waals surface area contributed by atoms with Crippen molar-refractivity contribution in [2.75, 3.05) is 6.54 Å². The number of rotatable bonds is 6. The molecule has 0 fully saturated rings. The highest BCUT2D eigenvalue weighted by molar-refractivity contribution is 5.80. The van der Waals surface area contributed by atoms with Crippen LogP contribution in [-0.2, 0) is 4.79 Å². The molecule has 2 atom stereocenters. The maximum absolute atomic E-state index is 12.2. The fourth-order valence-electron chi connectivity index (χ4n) is 2.47. The SMILES string of the molecule is Cc1ccc(O[C@@H](C)C(=O)NC[C@H](C)c2ccccc2)c(C)c1. The van der Waals surface area contributed by atoms with Crippen molar-refractivity contribution in [3.8, 4) is 5.75 Å². The van der Waals surface area contributed by atoms with Crippen molar-refractivity contribution in [3.05, 3.63) is 65.2 Å². The van der Waals surface area contributed by atoms with Gasteiger partial charge in [-0.15, -0.1) is 0 Å². The molecule has 23 heavy (non-hydrogen) atoms. The molecule has 0 spiro atoms. The maximum atomic E-state index is 12.2. The molecule has 3 heteroatoms. The van der Waals surface area contributed by atoms with E-state index in [0.29, 0.717) is 6.54 Å². The van der Waals surface area contributed by atoms with Crippen LogP contribution < -0.4 is 10.1 Å². The van der Waals surface area contributed by atoms with Crippen LogP contribution in [0, 0.1) is 13.8 Å². The van der Waals surface area contributed by atoms with Crippen LogP contribution in [0.25, 0.3) is 0 Å². The zero-order valence-corrected chi connectivity index (χ0v) is 14.3. The number of benzene rings is 2. The molecule has 0 aromatic heterocycles. The highest BCUT2D eigenvalue weighted by atomic mass is 16.5. The predicted octanol–water partition coefficient (Wildman–Crippen LogP) is 3.99. The Labute approximate surface area is 138 Å². The van der Waals surface area contributed by atoms with Gasteiger partial charge in [0.15, 0.2) is 6.10 Å². The molecule has 122 valence electrons. The first kappa shape index (κ1) is 17.1. The molecule has 0 radical (unpaired) electrons. The van der Waals surface area contributed by atoms with E-state index < -0.39 is 6.10 Å². The number of nitrogens with one attached hydrogen (secondary N) is 1. The van der Waals surface area contributed by atoms with Gasteiger partial charge in [0.05, 0.1) is 0 Å². The first-order chi connectivity index (χ1) is 11.0. The molecule has 0 aliphatic rings. The van der Waals surface area contributed by atoms with Gasteiger partial charge >= 0.3 is 0 Å². The third-order valence-corrected chi connectivity index (χ3v) is 3.95. The summed E-state index contributed by atoms with van der Waals surface area (Å²) in [6, 6.07) is 16.1. The van der Waals surface area contributed by atoms with Gasteiger partial charge in [-0.1, -0.05) is 55.0 Å². The number of hydrogen-bond donors (Lipinski definition) is 1. The second-order valence-electron chi connectivity index (χ2n) is 6.09. The molecule has 1 amide bonds. The minimum Gasteiger partial charge on any atom is -0.481 e. The van der Waals surface area contributed by atoms with Crippen LogP contribution in [0.5, 0.6) is 5.75 Å². The topological polar surface area (TPSA) is 38.3 Å². The van der Waals surface area contributed by atoms with Gasteiger partial charge in [-0.25, -0.2) is 0 Å². The van der Waals surface area contributed by atoms with E-state index in [2.05, 4.69) is 30.4 Å². The fourth-order valence-corrected chi connectivity index (χ4v) is 2.47. The second-order valence-corrected chi connectivity index (χ2v) is 6.09. The molecule has 0 aliphatic heterocycles. The molecular weight excluding hydrogens is 286 g/mol. The average Bonchev–Trinajstić information content (AvgIpc) is 2.55. The third-order valence-electron chi connectivity index (χ3n) is 3.95. The second kappa shape index (κ2) is 7.82. The Hall–Kier alpha value is -2.29. The lowest BCUT2D eigenvalue weighted by atomic mass is 10.0. The third kappa shape index (κ3) is 4.85. The lowest BCUT2D eigenvalue weighted by Gasteiger charge is -2.18. The predicted molar refractivity (Wildman–Crippen MR) is 93.9 cm³/mol. The number of hydrogen-bond acceptors (Lipinski definition) is 2. The Morgan fingerprint density at radius 3 is 2.43 bits per heavy atom. The van der Waals surface area contributed by atoms with Crippen molar-refractivity contribution >= 4 is 5.91 Å². The van der Waals surface area contributed by atoms with E-state index in [9.17, 15) is 4.79 Å². The fraction of sp³-hybridized carbons (Fsp3) is 0.350. The standard InChI is InChI=1S/C20H25NO2/c1-14-10-11-19(15(2)12-14)23-17(4)20(22)21-13-16(3)18-8-6-5-7-9-18/h5-12,16-17H,13H2,1-4H3,(H,21,22)/t16-,17-/m0/s1. The Bertz CT molecular complexity index is 652. The maximum Gasteiger partial charge on any atom is 0.260 e. The van der Waals surface area contributed by atoms with E-state index in [1.165, 1.54) is 11.1 Å². The molecule has 0 unspecified atom stereocenters. The quantitative estimate of drug-likeness (QED) is 0.876. The lowest BCUT2D eigenvalue weighted by Crippen LogP contribution is -2.38. The number of aryl methyl sites for hydroxylation is 2. The van der Waals surface area contributed by atoms with Gasteiger partial charge in [-0.3, -0.25) is 4.79 Å². The molecule has 2 aromatic carbocycles. The smallest absolute Gasteiger partial charge is 0.260 e. The van der Waals surface area contributed by atoms with Crippen LogP contribution in [0.1, 0.15) is 36.5 Å². The minimum atomic E-state index is -0.514. The van der Waals surface area contributed by atoms with E-state index in [1.807, 2.05) is 44.2 Å². The molecule has 2 aromatic rings. The van der Waals surface area contributed by atoms with Crippen LogP contribution in [0.3, 0.4) is 0 Å². The Morgan fingerprint density at radius 2 is 1.78 bits per heavy atom. The number of amides is 1. The Morgan fingerprint density at radius 1 is 1.09 bits per heavy atom. The van der Waals surface area contributed by atoms with Gasteiger partial charge in [0.2, 0.25) is 0 Å². The van der Waals surface area contributed by atoms with Gasteiger partial charge in [0.25, 0.3) is 5.91 Å². The monoisotopic (exact) mass is 311 g/mol. The van der Waals surface area contributed by atoms with Crippen molar-refractivity contribution in [2.24, 2.45) is 0 Å². The van der Waals surface area contributed by atoms with Crippen LogP contribution >= 0.6 is 0 Å².